The number of nitriles is 1. The average molecular weight is 335 g/mol. The molecule has 0 saturated heterocycles. The number of rotatable bonds is 0. The maximum Gasteiger partial charge on any atom is 0.245 e. The van der Waals surface area contributed by atoms with E-state index in [9.17, 15) is 10.1 Å². The third-order valence-electron chi connectivity index (χ3n) is 4.72. The molecule has 0 unspecified atom stereocenters. The maximum absolute atomic E-state index is 13.2. The van der Waals surface area contributed by atoms with E-state index in [1.807, 2.05) is 39.0 Å². The fraction of sp³-hybridized carbons (Fsp3) is 0.278. The molecule has 2 aliphatic rings. The van der Waals surface area contributed by atoms with Gasteiger partial charge in [-0.05, 0) is 6.07 Å². The predicted octanol–water partition coefficient (Wildman–Crippen LogP) is 2.03. The molecule has 4 rings (SSSR count). The van der Waals surface area contributed by atoms with Gasteiger partial charge in [0.1, 0.15) is 17.1 Å². The number of carbonyl (C=O) groups is 1. The Labute approximate surface area is 144 Å². The second-order valence-corrected chi connectivity index (χ2v) is 7.23. The molecule has 0 aliphatic carbocycles. The van der Waals surface area contributed by atoms with Crippen LogP contribution in [0.25, 0.3) is 0 Å². The third kappa shape index (κ3) is 1.74. The van der Waals surface area contributed by atoms with Crippen molar-refractivity contribution < 1.29 is 9.53 Å². The average Bonchev–Trinajstić information content (AvgIpc) is 3.08. The fourth-order valence-corrected chi connectivity index (χ4v) is 3.65. The number of aromatic amines is 1. The van der Waals surface area contributed by atoms with Crippen LogP contribution in [0, 0.1) is 11.3 Å². The van der Waals surface area contributed by atoms with Gasteiger partial charge in [0.05, 0.1) is 5.56 Å². The Morgan fingerprint density at radius 3 is 2.72 bits per heavy atom. The number of para-hydroxylation sites is 1. The molecule has 1 aromatic carbocycles. The van der Waals surface area contributed by atoms with E-state index in [1.165, 1.54) is 0 Å². The molecule has 1 amide bonds. The molecule has 2 aliphatic heterocycles. The first-order chi connectivity index (χ1) is 11.8. The van der Waals surface area contributed by atoms with Gasteiger partial charge in [-0.3, -0.25) is 9.89 Å². The number of aromatic nitrogens is 2. The van der Waals surface area contributed by atoms with E-state index in [0.29, 0.717) is 16.8 Å². The van der Waals surface area contributed by atoms with E-state index in [4.69, 9.17) is 10.5 Å². The highest BCUT2D eigenvalue weighted by Gasteiger charge is 2.59. The molecule has 1 aromatic heterocycles. The number of carbonyl (C=O) groups excluding carboxylic acids is 1. The van der Waals surface area contributed by atoms with Crippen molar-refractivity contribution in [2.24, 2.45) is 5.73 Å². The van der Waals surface area contributed by atoms with Crippen molar-refractivity contribution in [3.63, 3.8) is 0 Å². The number of ether oxygens (including phenoxy) is 1. The van der Waals surface area contributed by atoms with Crippen molar-refractivity contribution in [3.05, 3.63) is 52.5 Å². The first-order valence-electron chi connectivity index (χ1n) is 7.90. The highest BCUT2D eigenvalue weighted by molar-refractivity contribution is 6.12. The number of benzene rings is 1. The summed E-state index contributed by atoms with van der Waals surface area (Å²) in [7, 11) is 0. The zero-order valence-electron chi connectivity index (χ0n) is 14.1. The summed E-state index contributed by atoms with van der Waals surface area (Å²) in [6.07, 6.45) is 0. The summed E-state index contributed by atoms with van der Waals surface area (Å²) < 4.78 is 5.57. The molecule has 25 heavy (non-hydrogen) atoms. The Balaban J connectivity index is 2.17. The topological polar surface area (TPSA) is 117 Å². The van der Waals surface area contributed by atoms with Gasteiger partial charge in [-0.2, -0.15) is 5.26 Å². The van der Waals surface area contributed by atoms with Gasteiger partial charge in [-0.15, -0.1) is 5.10 Å². The van der Waals surface area contributed by atoms with E-state index in [-0.39, 0.29) is 28.7 Å². The third-order valence-corrected chi connectivity index (χ3v) is 4.72. The van der Waals surface area contributed by atoms with Gasteiger partial charge in [-0.1, -0.05) is 39.0 Å². The molecule has 2 aromatic rings. The number of H-pyrrole nitrogens is 1. The number of amides is 1. The summed E-state index contributed by atoms with van der Waals surface area (Å²) in [5.74, 6) is -0.202. The second kappa shape index (κ2) is 4.63. The Bertz CT molecular complexity index is 990. The number of anilines is 1. The van der Waals surface area contributed by atoms with Crippen LogP contribution in [-0.2, 0) is 15.6 Å². The van der Waals surface area contributed by atoms with Crippen LogP contribution >= 0.6 is 0 Å². The SMILES string of the molecule is CC(C)(C)c1[nH]nc2c1[C@]1(C(=O)Nc3ccccc31)C(C#N)=C(N)O2. The van der Waals surface area contributed by atoms with Crippen LogP contribution in [0.1, 0.15) is 37.6 Å². The van der Waals surface area contributed by atoms with Gasteiger partial charge in [0.25, 0.3) is 0 Å². The lowest BCUT2D eigenvalue weighted by Crippen LogP contribution is -2.43. The summed E-state index contributed by atoms with van der Waals surface area (Å²) in [6, 6.07) is 9.39. The van der Waals surface area contributed by atoms with Crippen LogP contribution in [0.4, 0.5) is 5.69 Å². The number of nitrogens with zero attached hydrogens (tertiary/aromatic N) is 2. The van der Waals surface area contributed by atoms with Crippen molar-refractivity contribution in [1.29, 1.82) is 5.26 Å². The lowest BCUT2D eigenvalue weighted by atomic mass is 9.67. The van der Waals surface area contributed by atoms with Crippen LogP contribution in [0.5, 0.6) is 5.88 Å². The van der Waals surface area contributed by atoms with Crippen molar-refractivity contribution in [2.45, 2.75) is 31.6 Å². The minimum absolute atomic E-state index is 0.0781. The van der Waals surface area contributed by atoms with Crippen LogP contribution in [0.15, 0.2) is 35.7 Å². The lowest BCUT2D eigenvalue weighted by molar-refractivity contribution is -0.118. The zero-order chi connectivity index (χ0) is 18.0. The number of fused-ring (bicyclic) bond motifs is 4. The Kier molecular flexibility index (Phi) is 2.83. The molecule has 0 radical (unpaired) electrons. The molecular weight excluding hydrogens is 318 g/mol. The van der Waals surface area contributed by atoms with Crippen molar-refractivity contribution >= 4 is 11.6 Å². The summed E-state index contributed by atoms with van der Waals surface area (Å²) in [6.45, 7) is 6.00. The molecule has 4 N–H and O–H groups in total. The maximum atomic E-state index is 13.2. The lowest BCUT2D eigenvalue weighted by Gasteiger charge is -2.33. The van der Waals surface area contributed by atoms with Crippen LogP contribution < -0.4 is 15.8 Å². The van der Waals surface area contributed by atoms with Gasteiger partial charge < -0.3 is 15.8 Å². The van der Waals surface area contributed by atoms with Crippen molar-refractivity contribution in [3.8, 4) is 11.9 Å². The number of hydrogen-bond acceptors (Lipinski definition) is 5. The Morgan fingerprint density at radius 1 is 1.32 bits per heavy atom. The summed E-state index contributed by atoms with van der Waals surface area (Å²) in [5.41, 5.74) is 6.98. The highest BCUT2D eigenvalue weighted by atomic mass is 16.5. The molecule has 126 valence electrons. The summed E-state index contributed by atoms with van der Waals surface area (Å²) in [4.78, 5) is 13.2. The minimum atomic E-state index is -1.36. The minimum Gasteiger partial charge on any atom is -0.420 e. The van der Waals surface area contributed by atoms with E-state index in [2.05, 4.69) is 21.6 Å². The van der Waals surface area contributed by atoms with E-state index < -0.39 is 5.41 Å². The molecule has 1 atom stereocenters. The summed E-state index contributed by atoms with van der Waals surface area (Å²) >= 11 is 0. The van der Waals surface area contributed by atoms with Gasteiger partial charge in [0.2, 0.25) is 17.7 Å². The van der Waals surface area contributed by atoms with Gasteiger partial charge in [0.15, 0.2) is 0 Å². The first-order valence-corrected chi connectivity index (χ1v) is 7.90. The van der Waals surface area contributed by atoms with Crippen molar-refractivity contribution in [2.75, 3.05) is 5.32 Å². The number of nitrogens with two attached hydrogens (primary N) is 1. The molecular formula is C18H17N5O2. The van der Waals surface area contributed by atoms with E-state index >= 15 is 0 Å². The standard InChI is InChI=1S/C18H17N5O2/c1-17(2,3)13-12-15(23-22-13)25-14(20)10(8-19)18(12)9-6-4-5-7-11(9)21-16(18)24/h4-7H,20H2,1-3H3,(H,21,24)(H,22,23)/t18-/m1/s1. The van der Waals surface area contributed by atoms with Crippen LogP contribution in [0.2, 0.25) is 0 Å². The van der Waals surface area contributed by atoms with E-state index in [0.717, 1.165) is 5.69 Å². The fourth-order valence-electron chi connectivity index (χ4n) is 3.65. The largest absolute Gasteiger partial charge is 0.420 e. The van der Waals surface area contributed by atoms with Gasteiger partial charge >= 0.3 is 0 Å². The van der Waals surface area contributed by atoms with Crippen LogP contribution in [0.3, 0.4) is 0 Å². The molecule has 7 heteroatoms. The molecule has 0 fully saturated rings. The smallest absolute Gasteiger partial charge is 0.245 e. The second-order valence-electron chi connectivity index (χ2n) is 7.23. The zero-order valence-corrected chi connectivity index (χ0v) is 14.1. The van der Waals surface area contributed by atoms with Crippen molar-refractivity contribution in [1.82, 2.24) is 10.2 Å². The van der Waals surface area contributed by atoms with Gasteiger partial charge in [0, 0.05) is 22.4 Å². The molecule has 0 saturated carbocycles. The Morgan fingerprint density at radius 2 is 2.04 bits per heavy atom. The van der Waals surface area contributed by atoms with Crippen LogP contribution in [-0.4, -0.2) is 16.1 Å². The molecule has 7 nitrogen and oxygen atoms in total. The summed E-state index contributed by atoms with van der Waals surface area (Å²) in [5, 5.41) is 19.9. The van der Waals surface area contributed by atoms with E-state index in [1.54, 1.807) is 6.07 Å². The normalized spacial score (nSPS) is 21.4. The quantitative estimate of drug-likeness (QED) is 0.681. The first kappa shape index (κ1) is 15.3. The molecule has 3 heterocycles. The number of nitrogens with one attached hydrogen (secondary N) is 2. The van der Waals surface area contributed by atoms with Gasteiger partial charge in [-0.25, -0.2) is 0 Å². The highest BCUT2D eigenvalue weighted by Crippen LogP contribution is 2.54. The molecule has 1 spiro atoms. The monoisotopic (exact) mass is 335 g/mol. The predicted molar refractivity (Wildman–Crippen MR) is 90.6 cm³/mol. The number of hydrogen-bond donors (Lipinski definition) is 3. The molecule has 0 bridgehead atoms. The Hall–Kier alpha value is -3.27.